The number of benzene rings is 1. The van der Waals surface area contributed by atoms with E-state index in [-0.39, 0.29) is 16.1 Å². The van der Waals surface area contributed by atoms with Crippen LogP contribution in [0, 0.1) is 24.6 Å². The summed E-state index contributed by atoms with van der Waals surface area (Å²) in [7, 11) is -3.73. The third kappa shape index (κ3) is 3.74. The van der Waals surface area contributed by atoms with Crippen LogP contribution in [-0.2, 0) is 10.0 Å². The van der Waals surface area contributed by atoms with Crippen molar-refractivity contribution in [3.05, 3.63) is 23.5 Å². The number of halogens is 1. The number of nitrogens with two attached hydrogens (primary N) is 1. The van der Waals surface area contributed by atoms with E-state index >= 15 is 0 Å². The molecular formula is C15H23FN2O2S. The molecule has 0 heterocycles. The largest absolute Gasteiger partial charge is 0.399 e. The zero-order chi connectivity index (χ0) is 15.6. The van der Waals surface area contributed by atoms with Crippen LogP contribution in [0.1, 0.15) is 38.2 Å². The van der Waals surface area contributed by atoms with Crippen LogP contribution in [0.5, 0.6) is 0 Å². The lowest BCUT2D eigenvalue weighted by Gasteiger charge is -2.28. The van der Waals surface area contributed by atoms with Crippen LogP contribution in [0.15, 0.2) is 17.0 Å². The first-order valence-corrected chi connectivity index (χ1v) is 8.85. The van der Waals surface area contributed by atoms with E-state index < -0.39 is 15.8 Å². The van der Waals surface area contributed by atoms with Crippen LogP contribution in [0.3, 0.4) is 0 Å². The fourth-order valence-electron chi connectivity index (χ4n) is 2.94. The number of anilines is 1. The average molecular weight is 314 g/mol. The minimum atomic E-state index is -3.73. The number of rotatable bonds is 4. The molecule has 0 bridgehead atoms. The van der Waals surface area contributed by atoms with Gasteiger partial charge in [-0.3, -0.25) is 0 Å². The Bertz CT molecular complexity index is 616. The third-order valence-electron chi connectivity index (χ3n) is 4.43. The molecule has 1 aromatic rings. The number of nitrogens with one attached hydrogen (secondary N) is 1. The quantitative estimate of drug-likeness (QED) is 0.839. The highest BCUT2D eigenvalue weighted by Crippen LogP contribution is 2.29. The Balaban J connectivity index is 2.15. The molecule has 2 unspecified atom stereocenters. The Hall–Kier alpha value is -1.14. The predicted octanol–water partition coefficient (Wildman–Crippen LogP) is 2.82. The number of sulfonamides is 1. The highest BCUT2D eigenvalue weighted by atomic mass is 32.2. The first-order valence-electron chi connectivity index (χ1n) is 7.36. The fourth-order valence-corrected chi connectivity index (χ4v) is 4.32. The van der Waals surface area contributed by atoms with E-state index in [9.17, 15) is 12.8 Å². The first-order chi connectivity index (χ1) is 9.81. The topological polar surface area (TPSA) is 72.2 Å². The Morgan fingerprint density at radius 3 is 2.67 bits per heavy atom. The minimum Gasteiger partial charge on any atom is -0.399 e. The van der Waals surface area contributed by atoms with Crippen LogP contribution in [0.25, 0.3) is 0 Å². The van der Waals surface area contributed by atoms with Gasteiger partial charge in [0.1, 0.15) is 5.82 Å². The van der Waals surface area contributed by atoms with Crippen molar-refractivity contribution in [1.29, 1.82) is 0 Å². The van der Waals surface area contributed by atoms with Crippen molar-refractivity contribution in [2.24, 2.45) is 11.8 Å². The van der Waals surface area contributed by atoms with Gasteiger partial charge < -0.3 is 5.73 Å². The standard InChI is InChI=1S/C15H23FN2O2S/c1-10-5-3-4-6-12(10)9-18-21(19,20)15-8-13(17)7-14(16)11(15)2/h7-8,10,12,18H,3-6,9,17H2,1-2H3. The smallest absolute Gasteiger partial charge is 0.241 e. The first kappa shape index (κ1) is 16.2. The minimum absolute atomic E-state index is 0.0662. The second-order valence-corrected chi connectivity index (χ2v) is 7.73. The molecule has 6 heteroatoms. The van der Waals surface area contributed by atoms with E-state index in [1.54, 1.807) is 0 Å². The molecular weight excluding hydrogens is 291 g/mol. The Morgan fingerprint density at radius 1 is 1.33 bits per heavy atom. The highest BCUT2D eigenvalue weighted by molar-refractivity contribution is 7.89. The van der Waals surface area contributed by atoms with Gasteiger partial charge in [0.15, 0.2) is 0 Å². The van der Waals surface area contributed by atoms with Gasteiger partial charge >= 0.3 is 0 Å². The second kappa shape index (κ2) is 6.32. The lowest BCUT2D eigenvalue weighted by atomic mass is 9.81. The van der Waals surface area contributed by atoms with Crippen molar-refractivity contribution < 1.29 is 12.8 Å². The molecule has 3 N–H and O–H groups in total. The maximum Gasteiger partial charge on any atom is 0.241 e. The van der Waals surface area contributed by atoms with Gasteiger partial charge in [0.25, 0.3) is 0 Å². The molecule has 2 rings (SSSR count). The summed E-state index contributed by atoms with van der Waals surface area (Å²) in [5.41, 5.74) is 5.77. The van der Waals surface area contributed by atoms with Crippen molar-refractivity contribution >= 4 is 15.7 Å². The summed E-state index contributed by atoms with van der Waals surface area (Å²) >= 11 is 0. The zero-order valence-corrected chi connectivity index (χ0v) is 13.3. The maximum atomic E-state index is 13.7. The predicted molar refractivity (Wildman–Crippen MR) is 81.9 cm³/mol. The lowest BCUT2D eigenvalue weighted by molar-refractivity contribution is 0.257. The lowest BCUT2D eigenvalue weighted by Crippen LogP contribution is -2.33. The van der Waals surface area contributed by atoms with E-state index in [0.717, 1.165) is 25.3 Å². The van der Waals surface area contributed by atoms with Crippen molar-refractivity contribution in [3.8, 4) is 0 Å². The normalized spacial score (nSPS) is 23.2. The van der Waals surface area contributed by atoms with Crippen LogP contribution < -0.4 is 10.5 Å². The summed E-state index contributed by atoms with van der Waals surface area (Å²) in [6.45, 7) is 4.01. The van der Waals surface area contributed by atoms with E-state index in [4.69, 9.17) is 5.73 Å². The third-order valence-corrected chi connectivity index (χ3v) is 5.98. The van der Waals surface area contributed by atoms with Gasteiger partial charge in [0, 0.05) is 17.8 Å². The van der Waals surface area contributed by atoms with Crippen LogP contribution in [0.4, 0.5) is 10.1 Å². The van der Waals surface area contributed by atoms with Gasteiger partial charge in [0.05, 0.1) is 4.90 Å². The SMILES string of the molecule is Cc1c(F)cc(N)cc1S(=O)(=O)NCC1CCCCC1C. The Labute approximate surface area is 126 Å². The van der Waals surface area contributed by atoms with Crippen molar-refractivity contribution in [2.75, 3.05) is 12.3 Å². The Kier molecular flexibility index (Phi) is 4.88. The molecule has 0 spiro atoms. The molecule has 1 saturated carbocycles. The number of hydrogen-bond acceptors (Lipinski definition) is 3. The Morgan fingerprint density at radius 2 is 2.00 bits per heavy atom. The molecule has 0 amide bonds. The molecule has 0 aliphatic heterocycles. The average Bonchev–Trinajstić information content (AvgIpc) is 2.42. The van der Waals surface area contributed by atoms with Gasteiger partial charge in [0.2, 0.25) is 10.0 Å². The highest BCUT2D eigenvalue weighted by Gasteiger charge is 2.25. The summed E-state index contributed by atoms with van der Waals surface area (Å²) < 4.78 is 41.0. The molecule has 4 nitrogen and oxygen atoms in total. The molecule has 118 valence electrons. The second-order valence-electron chi connectivity index (χ2n) is 6.00. The monoisotopic (exact) mass is 314 g/mol. The van der Waals surface area contributed by atoms with E-state index in [1.807, 2.05) is 0 Å². The van der Waals surface area contributed by atoms with Gasteiger partial charge in [-0.15, -0.1) is 0 Å². The summed E-state index contributed by atoms with van der Waals surface area (Å²) in [6, 6.07) is 2.45. The molecule has 0 aromatic heterocycles. The summed E-state index contributed by atoms with van der Waals surface area (Å²) in [6.07, 6.45) is 4.53. The van der Waals surface area contributed by atoms with Crippen molar-refractivity contribution in [1.82, 2.24) is 4.72 Å². The van der Waals surface area contributed by atoms with Gasteiger partial charge in [-0.2, -0.15) is 0 Å². The van der Waals surface area contributed by atoms with Gasteiger partial charge in [-0.1, -0.05) is 26.2 Å². The molecule has 1 aromatic carbocycles. The van der Waals surface area contributed by atoms with Crippen LogP contribution in [0.2, 0.25) is 0 Å². The number of nitrogen functional groups attached to an aromatic ring is 1. The molecule has 1 aliphatic carbocycles. The van der Waals surface area contributed by atoms with E-state index in [0.29, 0.717) is 18.4 Å². The summed E-state index contributed by atoms with van der Waals surface area (Å²) in [5.74, 6) is 0.265. The molecule has 0 radical (unpaired) electrons. The van der Waals surface area contributed by atoms with Crippen molar-refractivity contribution in [2.45, 2.75) is 44.4 Å². The molecule has 2 atom stereocenters. The fraction of sp³-hybridized carbons (Fsp3) is 0.600. The summed E-state index contributed by atoms with van der Waals surface area (Å²) in [5, 5.41) is 0. The van der Waals surface area contributed by atoms with E-state index in [1.165, 1.54) is 19.4 Å². The molecule has 1 fully saturated rings. The van der Waals surface area contributed by atoms with Crippen LogP contribution in [-0.4, -0.2) is 15.0 Å². The zero-order valence-electron chi connectivity index (χ0n) is 12.5. The number of hydrogen-bond donors (Lipinski definition) is 2. The maximum absolute atomic E-state index is 13.7. The van der Waals surface area contributed by atoms with Gasteiger partial charge in [-0.05, 0) is 37.3 Å². The molecule has 21 heavy (non-hydrogen) atoms. The van der Waals surface area contributed by atoms with E-state index in [2.05, 4.69) is 11.6 Å². The molecule has 1 aliphatic rings. The molecule has 0 saturated heterocycles. The summed E-state index contributed by atoms with van der Waals surface area (Å²) in [4.78, 5) is -0.0662. The van der Waals surface area contributed by atoms with Gasteiger partial charge in [-0.25, -0.2) is 17.5 Å². The van der Waals surface area contributed by atoms with Crippen molar-refractivity contribution in [3.63, 3.8) is 0 Å². The van der Waals surface area contributed by atoms with Crippen LogP contribution >= 0.6 is 0 Å².